The molecule has 1 atom stereocenters. The lowest BCUT2D eigenvalue weighted by molar-refractivity contribution is -0.109. The second kappa shape index (κ2) is 6.52. The molecular formula is C14H20N2O. The van der Waals surface area contributed by atoms with Gasteiger partial charge in [-0.25, -0.2) is 5.01 Å². The summed E-state index contributed by atoms with van der Waals surface area (Å²) in [5.41, 5.74) is 4.50. The van der Waals surface area contributed by atoms with E-state index in [-0.39, 0.29) is 5.92 Å². The Hall–Kier alpha value is -1.19. The van der Waals surface area contributed by atoms with Crippen LogP contribution in [0, 0.1) is 0 Å². The van der Waals surface area contributed by atoms with Crippen LogP contribution in [-0.2, 0) is 4.79 Å². The largest absolute Gasteiger partial charge is 0.303 e. The van der Waals surface area contributed by atoms with E-state index in [0.717, 1.165) is 31.5 Å². The number of hydrogen-bond donors (Lipinski definition) is 1. The van der Waals surface area contributed by atoms with E-state index in [2.05, 4.69) is 10.4 Å². The van der Waals surface area contributed by atoms with Gasteiger partial charge in [0.1, 0.15) is 6.29 Å². The van der Waals surface area contributed by atoms with Crippen LogP contribution in [0.25, 0.3) is 0 Å². The molecule has 3 nitrogen and oxygen atoms in total. The highest BCUT2D eigenvalue weighted by Crippen LogP contribution is 2.15. The van der Waals surface area contributed by atoms with Crippen LogP contribution in [-0.4, -0.2) is 30.9 Å². The van der Waals surface area contributed by atoms with Gasteiger partial charge in [0.2, 0.25) is 0 Å². The van der Waals surface area contributed by atoms with Crippen molar-refractivity contribution in [2.75, 3.05) is 19.6 Å². The molecule has 0 spiro atoms. The summed E-state index contributed by atoms with van der Waals surface area (Å²) in [6.07, 6.45) is 4.78. The van der Waals surface area contributed by atoms with Gasteiger partial charge in [-0.2, -0.15) is 0 Å². The molecule has 0 aliphatic carbocycles. The summed E-state index contributed by atoms with van der Waals surface area (Å²) in [5.74, 6) is -0.0261. The molecule has 0 bridgehead atoms. The molecule has 0 aromatic heterocycles. The fourth-order valence-corrected chi connectivity index (χ4v) is 2.24. The average Bonchev–Trinajstić information content (AvgIpc) is 2.65. The van der Waals surface area contributed by atoms with Crippen LogP contribution in [0.3, 0.4) is 0 Å². The highest BCUT2D eigenvalue weighted by molar-refractivity contribution is 5.62. The van der Waals surface area contributed by atoms with Crippen LogP contribution in [0.5, 0.6) is 0 Å². The molecule has 0 saturated carbocycles. The molecule has 92 valence electrons. The molecule has 1 aliphatic rings. The smallest absolute Gasteiger partial charge is 0.128 e. The Morgan fingerprint density at radius 2 is 2.06 bits per heavy atom. The monoisotopic (exact) mass is 232 g/mol. The summed E-state index contributed by atoms with van der Waals surface area (Å²) in [6, 6.07) is 10.0. The normalized spacial score (nSPS) is 19.5. The minimum absolute atomic E-state index is 0.0261. The molecule has 0 amide bonds. The van der Waals surface area contributed by atoms with Crippen molar-refractivity contribution in [3.8, 4) is 0 Å². The molecule has 1 heterocycles. The van der Waals surface area contributed by atoms with E-state index in [1.54, 1.807) is 0 Å². The molecule has 1 aromatic rings. The van der Waals surface area contributed by atoms with E-state index < -0.39 is 0 Å². The molecule has 1 aromatic carbocycles. The molecule has 3 heteroatoms. The summed E-state index contributed by atoms with van der Waals surface area (Å²) in [4.78, 5) is 11.2. The second-order valence-electron chi connectivity index (χ2n) is 4.57. The van der Waals surface area contributed by atoms with Crippen molar-refractivity contribution in [2.45, 2.75) is 25.2 Å². The first-order valence-corrected chi connectivity index (χ1v) is 6.39. The predicted octanol–water partition coefficient (Wildman–Crippen LogP) is 1.96. The Morgan fingerprint density at radius 1 is 1.24 bits per heavy atom. The maximum Gasteiger partial charge on any atom is 0.128 e. The predicted molar refractivity (Wildman–Crippen MR) is 68.7 cm³/mol. The van der Waals surface area contributed by atoms with Crippen molar-refractivity contribution < 1.29 is 4.79 Å². The molecule has 17 heavy (non-hydrogen) atoms. The molecule has 1 N–H and O–H groups in total. The first-order chi connectivity index (χ1) is 8.40. The van der Waals surface area contributed by atoms with Gasteiger partial charge in [0, 0.05) is 19.6 Å². The number of carbonyl (C=O) groups excluding carboxylic acids is 1. The second-order valence-corrected chi connectivity index (χ2v) is 4.57. The Kier molecular flexibility index (Phi) is 4.71. The summed E-state index contributed by atoms with van der Waals surface area (Å²) in [5, 5.41) is 2.19. The number of nitrogens with zero attached hydrogens (tertiary/aromatic N) is 1. The molecular weight excluding hydrogens is 212 g/mol. The third-order valence-corrected chi connectivity index (χ3v) is 3.25. The zero-order valence-electron chi connectivity index (χ0n) is 10.1. The fraction of sp³-hybridized carbons (Fsp3) is 0.500. The van der Waals surface area contributed by atoms with E-state index >= 15 is 0 Å². The third-order valence-electron chi connectivity index (χ3n) is 3.25. The summed E-state index contributed by atoms with van der Waals surface area (Å²) < 4.78 is 0. The molecule has 2 rings (SSSR count). The van der Waals surface area contributed by atoms with Gasteiger partial charge >= 0.3 is 0 Å². The number of hydrogen-bond acceptors (Lipinski definition) is 3. The topological polar surface area (TPSA) is 32.3 Å². The molecule has 0 radical (unpaired) electrons. The first-order valence-electron chi connectivity index (χ1n) is 6.39. The number of rotatable bonds is 4. The maximum absolute atomic E-state index is 11.2. The van der Waals surface area contributed by atoms with Gasteiger partial charge in [0.25, 0.3) is 0 Å². The Morgan fingerprint density at radius 3 is 2.82 bits per heavy atom. The van der Waals surface area contributed by atoms with E-state index in [9.17, 15) is 4.79 Å². The fourth-order valence-electron chi connectivity index (χ4n) is 2.24. The van der Waals surface area contributed by atoms with E-state index in [4.69, 9.17) is 0 Å². The van der Waals surface area contributed by atoms with Crippen LogP contribution in [0.4, 0.5) is 0 Å². The van der Waals surface area contributed by atoms with E-state index in [1.807, 2.05) is 30.3 Å². The Bertz CT molecular complexity index is 331. The third kappa shape index (κ3) is 3.65. The zero-order chi connectivity index (χ0) is 11.9. The lowest BCUT2D eigenvalue weighted by Crippen LogP contribution is -2.40. The first kappa shape index (κ1) is 12.3. The van der Waals surface area contributed by atoms with Crippen molar-refractivity contribution in [1.29, 1.82) is 0 Å². The standard InChI is InChI=1S/C14H20N2O/c17-12-14(13-7-3-1-4-8-13)11-16-10-6-2-5-9-15-16/h1,3-4,7-8,12,14-15H,2,5-6,9-11H2. The van der Waals surface area contributed by atoms with Crippen LogP contribution < -0.4 is 5.43 Å². The van der Waals surface area contributed by atoms with Gasteiger partial charge in [-0.05, 0) is 18.4 Å². The van der Waals surface area contributed by atoms with Crippen molar-refractivity contribution in [3.63, 3.8) is 0 Å². The van der Waals surface area contributed by atoms with Crippen LogP contribution in [0.2, 0.25) is 0 Å². The number of benzene rings is 1. The number of hydrazine groups is 1. The van der Waals surface area contributed by atoms with Gasteiger partial charge in [-0.3, -0.25) is 5.43 Å². The minimum Gasteiger partial charge on any atom is -0.303 e. The maximum atomic E-state index is 11.2. The van der Waals surface area contributed by atoms with Crippen molar-refractivity contribution in [3.05, 3.63) is 35.9 Å². The van der Waals surface area contributed by atoms with Gasteiger partial charge in [-0.15, -0.1) is 0 Å². The molecule has 1 fully saturated rings. The SMILES string of the molecule is O=CC(CN1CCCCCN1)c1ccccc1. The van der Waals surface area contributed by atoms with Crippen molar-refractivity contribution in [1.82, 2.24) is 10.4 Å². The lowest BCUT2D eigenvalue weighted by atomic mass is 10.0. The van der Waals surface area contributed by atoms with Crippen molar-refractivity contribution in [2.24, 2.45) is 0 Å². The van der Waals surface area contributed by atoms with E-state index in [0.29, 0.717) is 0 Å². The Balaban J connectivity index is 1.97. The summed E-state index contributed by atoms with van der Waals surface area (Å²) >= 11 is 0. The minimum atomic E-state index is -0.0261. The van der Waals surface area contributed by atoms with E-state index in [1.165, 1.54) is 19.3 Å². The van der Waals surface area contributed by atoms with Crippen LogP contribution in [0.1, 0.15) is 30.7 Å². The van der Waals surface area contributed by atoms with Gasteiger partial charge in [0.15, 0.2) is 0 Å². The zero-order valence-corrected chi connectivity index (χ0v) is 10.1. The highest BCUT2D eigenvalue weighted by Gasteiger charge is 2.16. The number of aldehydes is 1. The van der Waals surface area contributed by atoms with Crippen molar-refractivity contribution >= 4 is 6.29 Å². The van der Waals surface area contributed by atoms with Crippen LogP contribution in [0.15, 0.2) is 30.3 Å². The molecule has 1 unspecified atom stereocenters. The average molecular weight is 232 g/mol. The summed E-state index contributed by atoms with van der Waals surface area (Å²) in [7, 11) is 0. The van der Waals surface area contributed by atoms with Gasteiger partial charge in [0.05, 0.1) is 5.92 Å². The van der Waals surface area contributed by atoms with Gasteiger partial charge in [-0.1, -0.05) is 36.8 Å². The quantitative estimate of drug-likeness (QED) is 0.805. The Labute approximate surface area is 103 Å². The van der Waals surface area contributed by atoms with Crippen LogP contribution >= 0.6 is 0 Å². The van der Waals surface area contributed by atoms with Gasteiger partial charge < -0.3 is 4.79 Å². The molecule has 1 saturated heterocycles. The lowest BCUT2D eigenvalue weighted by Gasteiger charge is -2.24. The molecule has 1 aliphatic heterocycles. The number of nitrogens with one attached hydrogen (secondary N) is 1. The summed E-state index contributed by atoms with van der Waals surface area (Å²) in [6.45, 7) is 2.84. The number of carbonyl (C=O) groups is 1. The highest BCUT2D eigenvalue weighted by atomic mass is 16.1.